The van der Waals surface area contributed by atoms with Crippen LogP contribution in [0.25, 0.3) is 0 Å². The maximum atomic E-state index is 11.6. The zero-order valence-corrected chi connectivity index (χ0v) is 11.9. The summed E-state index contributed by atoms with van der Waals surface area (Å²) in [5, 5.41) is 0. The van der Waals surface area contributed by atoms with Gasteiger partial charge in [-0.05, 0) is 37.5 Å². The second-order valence-electron chi connectivity index (χ2n) is 4.96. The predicted molar refractivity (Wildman–Crippen MR) is 75.2 cm³/mol. The number of benzene rings is 1. The Morgan fingerprint density at radius 1 is 1.20 bits per heavy atom. The fourth-order valence-electron chi connectivity index (χ4n) is 2.45. The fraction of sp³-hybridized carbons (Fsp3) is 0.533. The molecule has 5 nitrogen and oxygen atoms in total. The molecule has 1 aromatic rings. The predicted octanol–water partition coefficient (Wildman–Crippen LogP) is 2.13. The molecule has 1 aromatic carbocycles. The van der Waals surface area contributed by atoms with E-state index in [9.17, 15) is 4.79 Å². The van der Waals surface area contributed by atoms with Gasteiger partial charge in [0.1, 0.15) is 6.10 Å². The van der Waals surface area contributed by atoms with Gasteiger partial charge < -0.3 is 19.9 Å². The van der Waals surface area contributed by atoms with E-state index in [0.717, 1.165) is 25.7 Å². The molecule has 1 aliphatic carbocycles. The highest BCUT2D eigenvalue weighted by molar-refractivity contribution is 5.90. The van der Waals surface area contributed by atoms with Crippen LogP contribution >= 0.6 is 0 Å². The van der Waals surface area contributed by atoms with Gasteiger partial charge >= 0.3 is 5.97 Å². The monoisotopic (exact) mass is 279 g/mol. The summed E-state index contributed by atoms with van der Waals surface area (Å²) in [5.41, 5.74) is 6.52. The number of esters is 1. The molecule has 2 unspecified atom stereocenters. The van der Waals surface area contributed by atoms with Crippen LogP contribution < -0.4 is 15.2 Å². The SMILES string of the molecule is COC(=O)c1ccc(OC)c(OC2CCCCC2N)c1. The minimum Gasteiger partial charge on any atom is -0.493 e. The van der Waals surface area contributed by atoms with Crippen LogP contribution in [0, 0.1) is 0 Å². The molecule has 2 atom stereocenters. The highest BCUT2D eigenvalue weighted by Crippen LogP contribution is 2.31. The van der Waals surface area contributed by atoms with Gasteiger partial charge in [-0.2, -0.15) is 0 Å². The van der Waals surface area contributed by atoms with Crippen molar-refractivity contribution in [2.45, 2.75) is 37.8 Å². The Morgan fingerprint density at radius 3 is 2.60 bits per heavy atom. The first-order chi connectivity index (χ1) is 9.65. The van der Waals surface area contributed by atoms with Gasteiger partial charge in [-0.1, -0.05) is 6.42 Å². The van der Waals surface area contributed by atoms with Gasteiger partial charge in [0.2, 0.25) is 0 Å². The maximum Gasteiger partial charge on any atom is 0.337 e. The first-order valence-electron chi connectivity index (χ1n) is 6.84. The van der Waals surface area contributed by atoms with E-state index in [1.807, 2.05) is 0 Å². The summed E-state index contributed by atoms with van der Waals surface area (Å²) in [7, 11) is 2.92. The first-order valence-corrected chi connectivity index (χ1v) is 6.84. The van der Waals surface area contributed by atoms with E-state index in [4.69, 9.17) is 19.9 Å². The van der Waals surface area contributed by atoms with Crippen molar-refractivity contribution in [2.24, 2.45) is 5.73 Å². The van der Waals surface area contributed by atoms with Gasteiger partial charge in [-0.15, -0.1) is 0 Å². The average Bonchev–Trinajstić information content (AvgIpc) is 2.48. The van der Waals surface area contributed by atoms with E-state index in [2.05, 4.69) is 0 Å². The van der Waals surface area contributed by atoms with Crippen molar-refractivity contribution >= 4 is 5.97 Å². The Kier molecular flexibility index (Phi) is 4.84. The molecule has 0 radical (unpaired) electrons. The van der Waals surface area contributed by atoms with Crippen LogP contribution in [0.1, 0.15) is 36.0 Å². The third-order valence-corrected chi connectivity index (χ3v) is 3.62. The van der Waals surface area contributed by atoms with E-state index in [0.29, 0.717) is 17.1 Å². The number of nitrogens with two attached hydrogens (primary N) is 1. The molecule has 1 saturated carbocycles. The molecule has 0 saturated heterocycles. The van der Waals surface area contributed by atoms with Crippen LogP contribution in [-0.2, 0) is 4.74 Å². The molecule has 0 aliphatic heterocycles. The number of methoxy groups -OCH3 is 2. The lowest BCUT2D eigenvalue weighted by molar-refractivity contribution is 0.0599. The quantitative estimate of drug-likeness (QED) is 0.855. The lowest BCUT2D eigenvalue weighted by atomic mass is 9.93. The molecule has 0 heterocycles. The molecule has 2 N–H and O–H groups in total. The Morgan fingerprint density at radius 2 is 1.95 bits per heavy atom. The first kappa shape index (κ1) is 14.7. The van der Waals surface area contributed by atoms with Gasteiger partial charge in [-0.3, -0.25) is 0 Å². The summed E-state index contributed by atoms with van der Waals surface area (Å²) < 4.78 is 16.0. The molecule has 0 bridgehead atoms. The van der Waals surface area contributed by atoms with Gasteiger partial charge in [0.15, 0.2) is 11.5 Å². The Balaban J connectivity index is 2.21. The summed E-state index contributed by atoms with van der Waals surface area (Å²) in [6.07, 6.45) is 4.10. The summed E-state index contributed by atoms with van der Waals surface area (Å²) in [6, 6.07) is 5.02. The number of carbonyl (C=O) groups excluding carboxylic acids is 1. The summed E-state index contributed by atoms with van der Waals surface area (Å²) >= 11 is 0. The Hall–Kier alpha value is -1.75. The third kappa shape index (κ3) is 3.22. The van der Waals surface area contributed by atoms with Crippen molar-refractivity contribution in [1.82, 2.24) is 0 Å². The molecule has 1 aliphatic rings. The summed E-state index contributed by atoms with van der Waals surface area (Å²) in [5.74, 6) is 0.735. The number of rotatable bonds is 4. The fourth-order valence-corrected chi connectivity index (χ4v) is 2.45. The van der Waals surface area contributed by atoms with Crippen LogP contribution in [0.2, 0.25) is 0 Å². The second kappa shape index (κ2) is 6.61. The molecular formula is C15H21NO4. The highest BCUT2D eigenvalue weighted by Gasteiger charge is 2.25. The number of ether oxygens (including phenoxy) is 3. The van der Waals surface area contributed by atoms with Crippen LogP contribution in [0.4, 0.5) is 0 Å². The largest absolute Gasteiger partial charge is 0.493 e. The lowest BCUT2D eigenvalue weighted by Gasteiger charge is -2.29. The van der Waals surface area contributed by atoms with Crippen molar-refractivity contribution in [1.29, 1.82) is 0 Å². The van der Waals surface area contributed by atoms with E-state index < -0.39 is 5.97 Å². The maximum absolute atomic E-state index is 11.6. The molecule has 0 aromatic heterocycles. The van der Waals surface area contributed by atoms with Gasteiger partial charge in [0.05, 0.1) is 19.8 Å². The summed E-state index contributed by atoms with van der Waals surface area (Å²) in [4.78, 5) is 11.6. The lowest BCUT2D eigenvalue weighted by Crippen LogP contribution is -2.41. The zero-order chi connectivity index (χ0) is 14.5. The van der Waals surface area contributed by atoms with Crippen molar-refractivity contribution in [2.75, 3.05) is 14.2 Å². The molecule has 1 fully saturated rings. The van der Waals surface area contributed by atoms with E-state index in [-0.39, 0.29) is 12.1 Å². The normalized spacial score (nSPS) is 22.1. The van der Waals surface area contributed by atoms with E-state index in [1.165, 1.54) is 7.11 Å². The van der Waals surface area contributed by atoms with E-state index >= 15 is 0 Å². The molecule has 2 rings (SSSR count). The number of carbonyl (C=O) groups is 1. The minimum atomic E-state index is -0.398. The average molecular weight is 279 g/mol. The molecule has 110 valence electrons. The smallest absolute Gasteiger partial charge is 0.337 e. The number of hydrogen-bond donors (Lipinski definition) is 1. The molecule has 0 amide bonds. The third-order valence-electron chi connectivity index (χ3n) is 3.62. The molecular weight excluding hydrogens is 258 g/mol. The van der Waals surface area contributed by atoms with Gasteiger partial charge in [-0.25, -0.2) is 4.79 Å². The molecule has 0 spiro atoms. The highest BCUT2D eigenvalue weighted by atomic mass is 16.5. The van der Waals surface area contributed by atoms with Crippen molar-refractivity contribution in [3.63, 3.8) is 0 Å². The van der Waals surface area contributed by atoms with Crippen LogP contribution in [0.15, 0.2) is 18.2 Å². The van der Waals surface area contributed by atoms with Crippen LogP contribution in [0.3, 0.4) is 0 Å². The second-order valence-corrected chi connectivity index (χ2v) is 4.96. The van der Waals surface area contributed by atoms with Crippen molar-refractivity contribution in [3.8, 4) is 11.5 Å². The topological polar surface area (TPSA) is 70.8 Å². The van der Waals surface area contributed by atoms with Crippen molar-refractivity contribution in [3.05, 3.63) is 23.8 Å². The standard InChI is InChI=1S/C15H21NO4/c1-18-13-8-7-10(15(17)19-2)9-14(13)20-12-6-4-3-5-11(12)16/h7-9,11-12H,3-6,16H2,1-2H3. The Labute approximate surface area is 119 Å². The van der Waals surface area contributed by atoms with Crippen molar-refractivity contribution < 1.29 is 19.0 Å². The van der Waals surface area contributed by atoms with E-state index in [1.54, 1.807) is 25.3 Å². The minimum absolute atomic E-state index is 0.0234. The molecule has 20 heavy (non-hydrogen) atoms. The van der Waals surface area contributed by atoms with Crippen LogP contribution in [0.5, 0.6) is 11.5 Å². The molecule has 5 heteroatoms. The number of hydrogen-bond acceptors (Lipinski definition) is 5. The van der Waals surface area contributed by atoms with Crippen LogP contribution in [-0.4, -0.2) is 32.3 Å². The van der Waals surface area contributed by atoms with Gasteiger partial charge in [0, 0.05) is 6.04 Å². The Bertz CT molecular complexity index is 475. The van der Waals surface area contributed by atoms with Gasteiger partial charge in [0.25, 0.3) is 0 Å². The summed E-state index contributed by atoms with van der Waals surface area (Å²) in [6.45, 7) is 0. The zero-order valence-electron chi connectivity index (χ0n) is 11.9.